The molecule has 1 aromatic heterocycles. The molecule has 70 valence electrons. The normalized spacial score (nSPS) is 10.4. The fourth-order valence-electron chi connectivity index (χ4n) is 1.45. The molecule has 1 aromatic carbocycles. The molecule has 14 heavy (non-hydrogen) atoms. The van der Waals surface area contributed by atoms with Crippen molar-refractivity contribution in [1.82, 2.24) is 4.98 Å². The fourth-order valence-corrected chi connectivity index (χ4v) is 1.45. The number of nitrogens with zero attached hydrogens (tertiary/aromatic N) is 1. The molecule has 0 saturated carbocycles. The molecule has 3 heteroatoms. The number of benzene rings is 1. The van der Waals surface area contributed by atoms with Crippen molar-refractivity contribution < 1.29 is 9.18 Å². The Morgan fingerprint density at radius 1 is 1.36 bits per heavy atom. The van der Waals surface area contributed by atoms with E-state index in [1.54, 1.807) is 18.2 Å². The maximum Gasteiger partial charge on any atom is 0.178 e. The van der Waals surface area contributed by atoms with Crippen LogP contribution < -0.4 is 0 Å². The molecule has 0 aliphatic heterocycles. The van der Waals surface area contributed by atoms with Crippen LogP contribution in [0.1, 0.15) is 17.4 Å². The lowest BCUT2D eigenvalue weighted by Crippen LogP contribution is -1.98. The number of carbonyl (C=O) groups is 1. The standard InChI is InChI=1S/C11H8FNO/c1-7(14)11-10-8(5-6-13-11)3-2-4-9(10)12/h2-6H,1H3. The molecule has 0 radical (unpaired) electrons. The number of aromatic nitrogens is 1. The quantitative estimate of drug-likeness (QED) is 0.645. The molecule has 0 atom stereocenters. The van der Waals surface area contributed by atoms with E-state index in [9.17, 15) is 9.18 Å². The van der Waals surface area contributed by atoms with E-state index in [2.05, 4.69) is 4.98 Å². The van der Waals surface area contributed by atoms with Crippen molar-refractivity contribution in [1.29, 1.82) is 0 Å². The van der Waals surface area contributed by atoms with Crippen LogP contribution >= 0.6 is 0 Å². The van der Waals surface area contributed by atoms with Crippen molar-refractivity contribution in [3.8, 4) is 0 Å². The Balaban J connectivity index is 2.91. The van der Waals surface area contributed by atoms with Gasteiger partial charge in [-0.3, -0.25) is 9.78 Å². The van der Waals surface area contributed by atoms with Crippen molar-refractivity contribution >= 4 is 16.6 Å². The molecule has 2 rings (SSSR count). The summed E-state index contributed by atoms with van der Waals surface area (Å²) in [4.78, 5) is 15.1. The molecule has 0 N–H and O–H groups in total. The number of hydrogen-bond donors (Lipinski definition) is 0. The van der Waals surface area contributed by atoms with Crippen molar-refractivity contribution in [3.05, 3.63) is 42.0 Å². The maximum atomic E-state index is 13.4. The van der Waals surface area contributed by atoms with Crippen LogP contribution in [-0.2, 0) is 0 Å². The predicted molar refractivity (Wildman–Crippen MR) is 51.7 cm³/mol. The van der Waals surface area contributed by atoms with Gasteiger partial charge >= 0.3 is 0 Å². The minimum Gasteiger partial charge on any atom is -0.293 e. The summed E-state index contributed by atoms with van der Waals surface area (Å²) in [7, 11) is 0. The lowest BCUT2D eigenvalue weighted by Gasteiger charge is -2.02. The van der Waals surface area contributed by atoms with Gasteiger partial charge in [-0.15, -0.1) is 0 Å². The van der Waals surface area contributed by atoms with E-state index in [0.29, 0.717) is 10.8 Å². The summed E-state index contributed by atoms with van der Waals surface area (Å²) in [6, 6.07) is 6.38. The summed E-state index contributed by atoms with van der Waals surface area (Å²) in [6.45, 7) is 1.38. The highest BCUT2D eigenvalue weighted by Crippen LogP contribution is 2.20. The molecule has 0 amide bonds. The van der Waals surface area contributed by atoms with Gasteiger partial charge in [0.1, 0.15) is 11.5 Å². The maximum absolute atomic E-state index is 13.4. The molecule has 1 heterocycles. The third-order valence-electron chi connectivity index (χ3n) is 2.07. The van der Waals surface area contributed by atoms with E-state index in [1.165, 1.54) is 19.2 Å². The summed E-state index contributed by atoms with van der Waals surface area (Å²) < 4.78 is 13.4. The van der Waals surface area contributed by atoms with E-state index in [1.807, 2.05) is 0 Å². The minimum absolute atomic E-state index is 0.195. The van der Waals surface area contributed by atoms with Crippen LogP contribution in [0.5, 0.6) is 0 Å². The van der Waals surface area contributed by atoms with Crippen molar-refractivity contribution in [3.63, 3.8) is 0 Å². The van der Waals surface area contributed by atoms with Gasteiger partial charge in [-0.2, -0.15) is 0 Å². The van der Waals surface area contributed by atoms with Gasteiger partial charge in [-0.05, 0) is 17.5 Å². The molecule has 2 aromatic rings. The number of carbonyl (C=O) groups excluding carboxylic acids is 1. The van der Waals surface area contributed by atoms with Gasteiger partial charge in [-0.25, -0.2) is 4.39 Å². The Kier molecular flexibility index (Phi) is 2.00. The van der Waals surface area contributed by atoms with Crippen LogP contribution in [0.15, 0.2) is 30.5 Å². The largest absolute Gasteiger partial charge is 0.293 e. The molecule has 0 fully saturated rings. The summed E-state index contributed by atoms with van der Waals surface area (Å²) in [5, 5.41) is 1.01. The zero-order valence-electron chi connectivity index (χ0n) is 7.62. The first-order chi connectivity index (χ1) is 6.70. The fraction of sp³-hybridized carbons (Fsp3) is 0.0909. The number of Topliss-reactive ketones (excluding diaryl/α,β-unsaturated/α-hetero) is 1. The van der Waals surface area contributed by atoms with Crippen LogP contribution in [0, 0.1) is 5.82 Å². The number of pyridine rings is 1. The summed E-state index contributed by atoms with van der Waals surface area (Å²) in [6.07, 6.45) is 1.51. The first-order valence-corrected chi connectivity index (χ1v) is 4.24. The summed E-state index contributed by atoms with van der Waals surface area (Å²) in [5.74, 6) is -0.624. The summed E-state index contributed by atoms with van der Waals surface area (Å²) in [5.41, 5.74) is 0.195. The number of ketones is 1. The predicted octanol–water partition coefficient (Wildman–Crippen LogP) is 2.58. The molecule has 0 saturated heterocycles. The topological polar surface area (TPSA) is 30.0 Å². The van der Waals surface area contributed by atoms with Crippen molar-refractivity contribution in [2.24, 2.45) is 0 Å². The van der Waals surface area contributed by atoms with Gasteiger partial charge in [0.05, 0.1) is 0 Å². The van der Waals surface area contributed by atoms with Crippen LogP contribution in [0.4, 0.5) is 4.39 Å². The number of hydrogen-bond acceptors (Lipinski definition) is 2. The number of halogens is 1. The average molecular weight is 189 g/mol. The van der Waals surface area contributed by atoms with E-state index in [-0.39, 0.29) is 11.5 Å². The first kappa shape index (κ1) is 8.81. The van der Waals surface area contributed by atoms with E-state index in [4.69, 9.17) is 0 Å². The molecule has 0 unspecified atom stereocenters. The molecule has 2 nitrogen and oxygen atoms in total. The lowest BCUT2D eigenvalue weighted by atomic mass is 10.1. The second kappa shape index (κ2) is 3.18. The zero-order valence-corrected chi connectivity index (χ0v) is 7.62. The first-order valence-electron chi connectivity index (χ1n) is 4.24. The van der Waals surface area contributed by atoms with Gasteiger partial charge in [0.15, 0.2) is 5.78 Å². The van der Waals surface area contributed by atoms with Crippen LogP contribution in [0.25, 0.3) is 10.8 Å². The van der Waals surface area contributed by atoms with Crippen molar-refractivity contribution in [2.75, 3.05) is 0 Å². The third-order valence-corrected chi connectivity index (χ3v) is 2.07. The second-order valence-corrected chi connectivity index (χ2v) is 3.05. The highest BCUT2D eigenvalue weighted by Gasteiger charge is 2.10. The molecule has 0 spiro atoms. The number of rotatable bonds is 1. The van der Waals surface area contributed by atoms with E-state index < -0.39 is 5.82 Å². The average Bonchev–Trinajstić information content (AvgIpc) is 2.17. The van der Waals surface area contributed by atoms with Crippen LogP contribution in [0.2, 0.25) is 0 Å². The minimum atomic E-state index is -0.402. The Bertz CT molecular complexity index is 502. The van der Waals surface area contributed by atoms with Crippen LogP contribution in [-0.4, -0.2) is 10.8 Å². The molecule has 0 aliphatic rings. The molecule has 0 bridgehead atoms. The second-order valence-electron chi connectivity index (χ2n) is 3.05. The van der Waals surface area contributed by atoms with Gasteiger partial charge in [0, 0.05) is 18.5 Å². The van der Waals surface area contributed by atoms with Gasteiger partial charge < -0.3 is 0 Å². The Morgan fingerprint density at radius 2 is 2.14 bits per heavy atom. The van der Waals surface area contributed by atoms with Crippen LogP contribution in [0.3, 0.4) is 0 Å². The highest BCUT2D eigenvalue weighted by atomic mass is 19.1. The zero-order chi connectivity index (χ0) is 10.1. The Hall–Kier alpha value is -1.77. The van der Waals surface area contributed by atoms with E-state index in [0.717, 1.165) is 0 Å². The van der Waals surface area contributed by atoms with Crippen molar-refractivity contribution in [2.45, 2.75) is 6.92 Å². The SMILES string of the molecule is CC(=O)c1nccc2cccc(F)c12. The smallest absolute Gasteiger partial charge is 0.178 e. The lowest BCUT2D eigenvalue weighted by molar-refractivity contribution is 0.101. The molecule has 0 aliphatic carbocycles. The Morgan fingerprint density at radius 3 is 2.86 bits per heavy atom. The summed E-state index contributed by atoms with van der Waals surface area (Å²) >= 11 is 0. The van der Waals surface area contributed by atoms with Gasteiger partial charge in [0.2, 0.25) is 0 Å². The highest BCUT2D eigenvalue weighted by molar-refractivity contribution is 6.05. The molecular weight excluding hydrogens is 181 g/mol. The Labute approximate surface area is 80.4 Å². The van der Waals surface area contributed by atoms with E-state index >= 15 is 0 Å². The van der Waals surface area contributed by atoms with Gasteiger partial charge in [0.25, 0.3) is 0 Å². The third kappa shape index (κ3) is 1.27. The monoisotopic (exact) mass is 189 g/mol. The number of fused-ring (bicyclic) bond motifs is 1. The van der Waals surface area contributed by atoms with Gasteiger partial charge in [-0.1, -0.05) is 12.1 Å². The molecular formula is C11H8FNO.